The number of halogens is 1. The molecule has 2 nitrogen and oxygen atoms in total. The molecule has 1 aromatic heterocycles. The summed E-state index contributed by atoms with van der Waals surface area (Å²) in [4.78, 5) is 3.26. The van der Waals surface area contributed by atoms with Crippen LogP contribution in [0.15, 0.2) is 22.7 Å². The second-order valence-electron chi connectivity index (χ2n) is 3.19. The van der Waals surface area contributed by atoms with Crippen LogP contribution in [0.5, 0.6) is 0 Å². The maximum absolute atomic E-state index is 5.55. The lowest BCUT2D eigenvalue weighted by Gasteiger charge is -1.96. The Labute approximate surface area is 85.3 Å². The van der Waals surface area contributed by atoms with Crippen molar-refractivity contribution >= 4 is 26.8 Å². The first-order valence-corrected chi connectivity index (χ1v) is 4.98. The van der Waals surface area contributed by atoms with E-state index in [4.69, 9.17) is 5.73 Å². The zero-order chi connectivity index (χ0) is 9.42. The van der Waals surface area contributed by atoms with Crippen LogP contribution in [-0.2, 0) is 6.54 Å². The van der Waals surface area contributed by atoms with Gasteiger partial charge in [0.2, 0.25) is 0 Å². The standard InChI is InChI=1S/C10H11BrN2/c1-6-2-7-3-8(5-12)13-10(7)4-9(6)11/h2-4,13H,5,12H2,1H3. The Morgan fingerprint density at radius 2 is 2.15 bits per heavy atom. The predicted octanol–water partition coefficient (Wildman–Crippen LogP) is 2.70. The Morgan fingerprint density at radius 3 is 2.85 bits per heavy atom. The zero-order valence-corrected chi connectivity index (χ0v) is 8.98. The maximum atomic E-state index is 5.55. The van der Waals surface area contributed by atoms with E-state index < -0.39 is 0 Å². The topological polar surface area (TPSA) is 41.8 Å². The minimum atomic E-state index is 0.561. The summed E-state index contributed by atoms with van der Waals surface area (Å²) >= 11 is 3.50. The van der Waals surface area contributed by atoms with Gasteiger partial charge in [0.1, 0.15) is 0 Å². The molecule has 0 bridgehead atoms. The Bertz CT molecular complexity index is 406. The molecule has 13 heavy (non-hydrogen) atoms. The van der Waals surface area contributed by atoms with Crippen LogP contribution in [0.4, 0.5) is 0 Å². The molecule has 0 amide bonds. The third-order valence-electron chi connectivity index (χ3n) is 2.18. The molecule has 0 saturated heterocycles. The van der Waals surface area contributed by atoms with Crippen LogP contribution >= 0.6 is 15.9 Å². The number of H-pyrrole nitrogens is 1. The van der Waals surface area contributed by atoms with Crippen LogP contribution < -0.4 is 5.73 Å². The van der Waals surface area contributed by atoms with Crippen LogP contribution in [0.1, 0.15) is 11.3 Å². The van der Waals surface area contributed by atoms with Crippen molar-refractivity contribution < 1.29 is 0 Å². The monoisotopic (exact) mass is 238 g/mol. The smallest absolute Gasteiger partial charge is 0.0467 e. The van der Waals surface area contributed by atoms with Gasteiger partial charge < -0.3 is 10.7 Å². The van der Waals surface area contributed by atoms with Crippen LogP contribution in [0, 0.1) is 6.92 Å². The Hall–Kier alpha value is -0.800. The second kappa shape index (κ2) is 3.16. The number of rotatable bonds is 1. The first-order chi connectivity index (χ1) is 6.20. The van der Waals surface area contributed by atoms with Crippen molar-refractivity contribution in [2.75, 3.05) is 0 Å². The number of aryl methyl sites for hydroxylation is 1. The number of nitrogens with two attached hydrogens (primary N) is 1. The predicted molar refractivity (Wildman–Crippen MR) is 58.6 cm³/mol. The van der Waals surface area contributed by atoms with E-state index in [0.717, 1.165) is 15.7 Å². The molecular formula is C10H11BrN2. The Morgan fingerprint density at radius 1 is 1.38 bits per heavy atom. The van der Waals surface area contributed by atoms with Gasteiger partial charge in [-0.25, -0.2) is 0 Å². The van der Waals surface area contributed by atoms with Crippen molar-refractivity contribution in [3.8, 4) is 0 Å². The summed E-state index contributed by atoms with van der Waals surface area (Å²) in [6, 6.07) is 6.33. The van der Waals surface area contributed by atoms with Crippen LogP contribution in [0.3, 0.4) is 0 Å². The number of benzene rings is 1. The van der Waals surface area contributed by atoms with Crippen LogP contribution in [0.25, 0.3) is 10.9 Å². The maximum Gasteiger partial charge on any atom is 0.0467 e. The van der Waals surface area contributed by atoms with Gasteiger partial charge in [0.25, 0.3) is 0 Å². The van der Waals surface area contributed by atoms with Gasteiger partial charge in [-0.05, 0) is 30.7 Å². The summed E-state index contributed by atoms with van der Waals surface area (Å²) in [7, 11) is 0. The highest BCUT2D eigenvalue weighted by molar-refractivity contribution is 9.10. The number of hydrogen-bond donors (Lipinski definition) is 2. The van der Waals surface area contributed by atoms with E-state index in [1.165, 1.54) is 10.9 Å². The van der Waals surface area contributed by atoms with Crippen LogP contribution in [0.2, 0.25) is 0 Å². The Balaban J connectivity index is 2.70. The molecule has 0 spiro atoms. The molecule has 0 atom stereocenters. The molecule has 2 rings (SSSR count). The third-order valence-corrected chi connectivity index (χ3v) is 3.03. The normalized spacial score (nSPS) is 11.0. The average Bonchev–Trinajstić information content (AvgIpc) is 2.48. The van der Waals surface area contributed by atoms with Crippen molar-refractivity contribution in [3.63, 3.8) is 0 Å². The molecule has 1 aromatic carbocycles. The molecule has 3 N–H and O–H groups in total. The largest absolute Gasteiger partial charge is 0.357 e. The van der Waals surface area contributed by atoms with E-state index in [2.05, 4.69) is 46.0 Å². The molecule has 0 saturated carbocycles. The van der Waals surface area contributed by atoms with Gasteiger partial charge in [0.05, 0.1) is 0 Å². The van der Waals surface area contributed by atoms with Crippen molar-refractivity contribution in [2.24, 2.45) is 5.73 Å². The number of fused-ring (bicyclic) bond motifs is 1. The van der Waals surface area contributed by atoms with Crippen molar-refractivity contribution in [3.05, 3.63) is 33.9 Å². The lowest BCUT2D eigenvalue weighted by atomic mass is 10.2. The van der Waals surface area contributed by atoms with E-state index >= 15 is 0 Å². The number of nitrogens with one attached hydrogen (secondary N) is 1. The highest BCUT2D eigenvalue weighted by atomic mass is 79.9. The number of hydrogen-bond acceptors (Lipinski definition) is 1. The molecule has 0 aliphatic rings. The molecule has 1 heterocycles. The summed E-state index contributed by atoms with van der Waals surface area (Å²) in [5, 5.41) is 1.22. The SMILES string of the molecule is Cc1cc2cc(CN)[nH]c2cc1Br. The van der Waals surface area contributed by atoms with Gasteiger partial charge in [0, 0.05) is 27.6 Å². The Kier molecular flexibility index (Phi) is 2.14. The average molecular weight is 239 g/mol. The quantitative estimate of drug-likeness (QED) is 0.789. The van der Waals surface area contributed by atoms with Gasteiger partial charge in [-0.2, -0.15) is 0 Å². The van der Waals surface area contributed by atoms with Gasteiger partial charge in [0.15, 0.2) is 0 Å². The first-order valence-electron chi connectivity index (χ1n) is 4.18. The molecule has 0 aliphatic carbocycles. The van der Waals surface area contributed by atoms with Gasteiger partial charge in [-0.1, -0.05) is 15.9 Å². The molecule has 68 valence electrons. The molecule has 0 radical (unpaired) electrons. The fourth-order valence-electron chi connectivity index (χ4n) is 1.44. The molecule has 3 heteroatoms. The lowest BCUT2D eigenvalue weighted by Crippen LogP contribution is -1.94. The molecule has 2 aromatic rings. The van der Waals surface area contributed by atoms with E-state index in [-0.39, 0.29) is 0 Å². The summed E-state index contributed by atoms with van der Waals surface area (Å²) < 4.78 is 1.13. The van der Waals surface area contributed by atoms with Gasteiger partial charge >= 0.3 is 0 Å². The zero-order valence-electron chi connectivity index (χ0n) is 7.39. The summed E-state index contributed by atoms with van der Waals surface area (Å²) in [5.41, 5.74) is 9.01. The summed E-state index contributed by atoms with van der Waals surface area (Å²) in [6.07, 6.45) is 0. The molecule has 0 aliphatic heterocycles. The fraction of sp³-hybridized carbons (Fsp3) is 0.200. The third kappa shape index (κ3) is 1.49. The molecule has 0 fully saturated rings. The summed E-state index contributed by atoms with van der Waals surface area (Å²) in [5.74, 6) is 0. The van der Waals surface area contributed by atoms with Gasteiger partial charge in [-0.3, -0.25) is 0 Å². The minimum absolute atomic E-state index is 0.561. The highest BCUT2D eigenvalue weighted by Gasteiger charge is 2.01. The molecule has 0 unspecified atom stereocenters. The van der Waals surface area contributed by atoms with E-state index in [1.54, 1.807) is 0 Å². The minimum Gasteiger partial charge on any atom is -0.357 e. The highest BCUT2D eigenvalue weighted by Crippen LogP contribution is 2.24. The number of aromatic nitrogens is 1. The second-order valence-corrected chi connectivity index (χ2v) is 4.04. The van der Waals surface area contributed by atoms with Crippen molar-refractivity contribution in [2.45, 2.75) is 13.5 Å². The van der Waals surface area contributed by atoms with Crippen molar-refractivity contribution in [1.82, 2.24) is 4.98 Å². The number of aromatic amines is 1. The molecular weight excluding hydrogens is 228 g/mol. The fourth-order valence-corrected chi connectivity index (χ4v) is 1.78. The van der Waals surface area contributed by atoms with E-state index in [9.17, 15) is 0 Å². The van der Waals surface area contributed by atoms with Crippen molar-refractivity contribution in [1.29, 1.82) is 0 Å². The first kappa shape index (κ1) is 8.78. The van der Waals surface area contributed by atoms with Gasteiger partial charge in [-0.15, -0.1) is 0 Å². The van der Waals surface area contributed by atoms with Crippen LogP contribution in [-0.4, -0.2) is 4.98 Å². The van der Waals surface area contributed by atoms with E-state index in [0.29, 0.717) is 6.54 Å². The lowest BCUT2D eigenvalue weighted by molar-refractivity contribution is 1.02. The van der Waals surface area contributed by atoms with E-state index in [1.807, 2.05) is 0 Å². The summed E-state index contributed by atoms with van der Waals surface area (Å²) in [6.45, 7) is 2.64.